The van der Waals surface area contributed by atoms with Crippen molar-refractivity contribution in [3.05, 3.63) is 29.8 Å². The van der Waals surface area contributed by atoms with Crippen molar-refractivity contribution in [3.63, 3.8) is 0 Å². The SMILES string of the molecule is CCC1NC(=O)C(C)N(c2ccc(C)cc2)C1=O. The molecule has 96 valence electrons. The molecule has 1 aliphatic heterocycles. The van der Waals surface area contributed by atoms with E-state index < -0.39 is 12.1 Å². The number of rotatable bonds is 2. The third-order valence-electron chi connectivity index (χ3n) is 3.34. The molecule has 1 aromatic rings. The van der Waals surface area contributed by atoms with Gasteiger partial charge in [-0.25, -0.2) is 0 Å². The summed E-state index contributed by atoms with van der Waals surface area (Å²) >= 11 is 0. The predicted molar refractivity (Wildman–Crippen MR) is 70.3 cm³/mol. The Hall–Kier alpha value is -1.84. The number of aryl methyl sites for hydroxylation is 1. The van der Waals surface area contributed by atoms with Gasteiger partial charge in [-0.15, -0.1) is 0 Å². The summed E-state index contributed by atoms with van der Waals surface area (Å²) < 4.78 is 0. The Bertz CT molecular complexity index is 467. The topological polar surface area (TPSA) is 49.4 Å². The van der Waals surface area contributed by atoms with Crippen LogP contribution in [0.4, 0.5) is 5.69 Å². The van der Waals surface area contributed by atoms with E-state index in [0.717, 1.165) is 11.3 Å². The molecule has 2 unspecified atom stereocenters. The molecule has 1 aliphatic rings. The zero-order chi connectivity index (χ0) is 13.3. The molecule has 0 aromatic heterocycles. The third kappa shape index (κ3) is 2.10. The van der Waals surface area contributed by atoms with Crippen LogP contribution < -0.4 is 10.2 Å². The molecule has 0 saturated carbocycles. The first-order valence-corrected chi connectivity index (χ1v) is 6.24. The van der Waals surface area contributed by atoms with Gasteiger partial charge in [0.1, 0.15) is 12.1 Å². The lowest BCUT2D eigenvalue weighted by Crippen LogP contribution is -2.62. The highest BCUT2D eigenvalue weighted by atomic mass is 16.2. The highest BCUT2D eigenvalue weighted by Gasteiger charge is 2.37. The second-order valence-electron chi connectivity index (χ2n) is 4.69. The van der Waals surface area contributed by atoms with Crippen molar-refractivity contribution in [1.82, 2.24) is 5.32 Å². The number of amides is 2. The maximum atomic E-state index is 12.3. The van der Waals surface area contributed by atoms with E-state index in [2.05, 4.69) is 5.32 Å². The smallest absolute Gasteiger partial charge is 0.250 e. The molecule has 1 saturated heterocycles. The van der Waals surface area contributed by atoms with Crippen LogP contribution in [0, 0.1) is 6.92 Å². The number of nitrogens with zero attached hydrogens (tertiary/aromatic N) is 1. The van der Waals surface area contributed by atoms with Gasteiger partial charge in [-0.05, 0) is 32.4 Å². The molecule has 0 aliphatic carbocycles. The zero-order valence-corrected chi connectivity index (χ0v) is 10.9. The van der Waals surface area contributed by atoms with Crippen LogP contribution in [-0.2, 0) is 9.59 Å². The van der Waals surface area contributed by atoms with E-state index in [0.29, 0.717) is 6.42 Å². The molecule has 2 atom stereocenters. The first-order valence-electron chi connectivity index (χ1n) is 6.24. The van der Waals surface area contributed by atoms with Crippen LogP contribution in [0.3, 0.4) is 0 Å². The summed E-state index contributed by atoms with van der Waals surface area (Å²) in [6.45, 7) is 5.64. The van der Waals surface area contributed by atoms with Crippen molar-refractivity contribution in [2.24, 2.45) is 0 Å². The minimum atomic E-state index is -0.456. The second-order valence-corrected chi connectivity index (χ2v) is 4.69. The standard InChI is InChI=1S/C14H18N2O2/c1-4-12-14(18)16(10(3)13(17)15-12)11-7-5-9(2)6-8-11/h5-8,10,12H,4H2,1-3H3,(H,15,17). The molecule has 1 fully saturated rings. The number of hydrogen-bond donors (Lipinski definition) is 1. The van der Waals surface area contributed by atoms with Gasteiger partial charge < -0.3 is 5.32 Å². The Morgan fingerprint density at radius 1 is 1.22 bits per heavy atom. The van der Waals surface area contributed by atoms with Crippen LogP contribution in [0.5, 0.6) is 0 Å². The van der Waals surface area contributed by atoms with Crippen LogP contribution >= 0.6 is 0 Å². The Kier molecular flexibility index (Phi) is 3.36. The quantitative estimate of drug-likeness (QED) is 0.862. The fourth-order valence-electron chi connectivity index (χ4n) is 2.16. The van der Waals surface area contributed by atoms with Crippen molar-refractivity contribution < 1.29 is 9.59 Å². The molecule has 4 heteroatoms. The van der Waals surface area contributed by atoms with Crippen LogP contribution in [-0.4, -0.2) is 23.9 Å². The molecule has 18 heavy (non-hydrogen) atoms. The lowest BCUT2D eigenvalue weighted by molar-refractivity contribution is -0.133. The van der Waals surface area contributed by atoms with E-state index in [1.165, 1.54) is 0 Å². The maximum absolute atomic E-state index is 12.3. The van der Waals surface area contributed by atoms with Gasteiger partial charge in [-0.2, -0.15) is 0 Å². The van der Waals surface area contributed by atoms with Gasteiger partial charge in [0, 0.05) is 5.69 Å². The van der Waals surface area contributed by atoms with Crippen LogP contribution in [0.15, 0.2) is 24.3 Å². The van der Waals surface area contributed by atoms with Crippen molar-refractivity contribution in [3.8, 4) is 0 Å². The van der Waals surface area contributed by atoms with Gasteiger partial charge in [0.05, 0.1) is 0 Å². The van der Waals surface area contributed by atoms with Crippen LogP contribution in [0.25, 0.3) is 0 Å². The third-order valence-corrected chi connectivity index (χ3v) is 3.34. The van der Waals surface area contributed by atoms with Crippen molar-refractivity contribution in [2.75, 3.05) is 4.90 Å². The Morgan fingerprint density at radius 3 is 2.39 bits per heavy atom. The van der Waals surface area contributed by atoms with Gasteiger partial charge in [0.2, 0.25) is 11.8 Å². The minimum absolute atomic E-state index is 0.0338. The minimum Gasteiger partial charge on any atom is -0.343 e. The van der Waals surface area contributed by atoms with Crippen molar-refractivity contribution in [1.29, 1.82) is 0 Å². The predicted octanol–water partition coefficient (Wildman–Crippen LogP) is 1.62. The molecule has 1 heterocycles. The first-order chi connectivity index (χ1) is 8.54. The van der Waals surface area contributed by atoms with E-state index in [-0.39, 0.29) is 11.8 Å². The highest BCUT2D eigenvalue weighted by molar-refractivity contribution is 6.08. The van der Waals surface area contributed by atoms with E-state index in [1.807, 2.05) is 38.1 Å². The molecule has 1 aromatic carbocycles. The van der Waals surface area contributed by atoms with E-state index in [4.69, 9.17) is 0 Å². The van der Waals surface area contributed by atoms with Crippen LogP contribution in [0.1, 0.15) is 25.8 Å². The number of carbonyl (C=O) groups is 2. The van der Waals surface area contributed by atoms with Gasteiger partial charge in [-0.1, -0.05) is 24.6 Å². The Morgan fingerprint density at radius 2 is 1.83 bits per heavy atom. The molecule has 2 amide bonds. The summed E-state index contributed by atoms with van der Waals surface area (Å²) in [4.78, 5) is 25.8. The fraction of sp³-hybridized carbons (Fsp3) is 0.429. The lowest BCUT2D eigenvalue weighted by Gasteiger charge is -2.37. The number of piperazine rings is 1. The Labute approximate surface area is 107 Å². The average Bonchev–Trinajstić information content (AvgIpc) is 2.36. The second kappa shape index (κ2) is 4.80. The zero-order valence-electron chi connectivity index (χ0n) is 10.9. The normalized spacial score (nSPS) is 24.1. The molecular weight excluding hydrogens is 228 g/mol. The van der Waals surface area contributed by atoms with Gasteiger partial charge >= 0.3 is 0 Å². The summed E-state index contributed by atoms with van der Waals surface area (Å²) in [5, 5.41) is 2.75. The first kappa shape index (κ1) is 12.6. The number of nitrogens with one attached hydrogen (secondary N) is 1. The number of hydrogen-bond acceptors (Lipinski definition) is 2. The molecule has 2 rings (SSSR count). The molecule has 0 radical (unpaired) electrons. The molecule has 4 nitrogen and oxygen atoms in total. The monoisotopic (exact) mass is 246 g/mol. The summed E-state index contributed by atoms with van der Waals surface area (Å²) in [6, 6.07) is 6.80. The summed E-state index contributed by atoms with van der Waals surface area (Å²) in [7, 11) is 0. The maximum Gasteiger partial charge on any atom is 0.250 e. The average molecular weight is 246 g/mol. The molecule has 0 spiro atoms. The van der Waals surface area contributed by atoms with Crippen molar-refractivity contribution in [2.45, 2.75) is 39.3 Å². The highest BCUT2D eigenvalue weighted by Crippen LogP contribution is 2.22. The Balaban J connectivity index is 2.36. The molecule has 0 bridgehead atoms. The largest absolute Gasteiger partial charge is 0.343 e. The van der Waals surface area contributed by atoms with E-state index >= 15 is 0 Å². The lowest BCUT2D eigenvalue weighted by atomic mass is 10.0. The number of benzene rings is 1. The van der Waals surface area contributed by atoms with E-state index in [1.54, 1.807) is 11.8 Å². The van der Waals surface area contributed by atoms with Gasteiger partial charge in [0.25, 0.3) is 0 Å². The van der Waals surface area contributed by atoms with Gasteiger partial charge in [-0.3, -0.25) is 14.5 Å². The van der Waals surface area contributed by atoms with Gasteiger partial charge in [0.15, 0.2) is 0 Å². The van der Waals surface area contributed by atoms with Crippen molar-refractivity contribution >= 4 is 17.5 Å². The number of carbonyl (C=O) groups excluding carboxylic acids is 2. The van der Waals surface area contributed by atoms with Crippen LogP contribution in [0.2, 0.25) is 0 Å². The summed E-state index contributed by atoms with van der Waals surface area (Å²) in [5.74, 6) is -0.129. The molecule has 1 N–H and O–H groups in total. The summed E-state index contributed by atoms with van der Waals surface area (Å²) in [6.07, 6.45) is 0.611. The summed E-state index contributed by atoms with van der Waals surface area (Å²) in [5.41, 5.74) is 1.92. The van der Waals surface area contributed by atoms with E-state index in [9.17, 15) is 9.59 Å². The number of anilines is 1. The molecular formula is C14H18N2O2. The fourth-order valence-corrected chi connectivity index (χ4v) is 2.16.